The fourth-order valence-corrected chi connectivity index (χ4v) is 1.83. The van der Waals surface area contributed by atoms with Gasteiger partial charge in [0.25, 0.3) is 0 Å². The molecule has 2 N–H and O–H groups in total. The van der Waals surface area contributed by atoms with Gasteiger partial charge in [-0.2, -0.15) is 0 Å². The summed E-state index contributed by atoms with van der Waals surface area (Å²) in [5.41, 5.74) is 0.441. The van der Waals surface area contributed by atoms with Gasteiger partial charge >= 0.3 is 0 Å². The van der Waals surface area contributed by atoms with Gasteiger partial charge in [-0.1, -0.05) is 12.1 Å². The van der Waals surface area contributed by atoms with Crippen molar-refractivity contribution in [3.8, 4) is 0 Å². The van der Waals surface area contributed by atoms with Gasteiger partial charge < -0.3 is 10.6 Å². The van der Waals surface area contributed by atoms with Crippen LogP contribution in [0.2, 0.25) is 0 Å². The lowest BCUT2D eigenvalue weighted by atomic mass is 10.0. The average Bonchev–Trinajstić information content (AvgIpc) is 2.26. The Labute approximate surface area is 87.7 Å². The second-order valence-electron chi connectivity index (χ2n) is 3.77. The molecule has 1 atom stereocenters. The van der Waals surface area contributed by atoms with Crippen LogP contribution in [0.3, 0.4) is 0 Å². The van der Waals surface area contributed by atoms with Crippen LogP contribution >= 0.6 is 0 Å². The van der Waals surface area contributed by atoms with E-state index in [1.807, 2.05) is 0 Å². The summed E-state index contributed by atoms with van der Waals surface area (Å²) in [5, 5.41) is 6.47. The molecule has 0 spiro atoms. The molecule has 0 bridgehead atoms. The van der Waals surface area contributed by atoms with Crippen LogP contribution in [-0.4, -0.2) is 25.7 Å². The summed E-state index contributed by atoms with van der Waals surface area (Å²) in [6.07, 6.45) is 0.524. The maximum atomic E-state index is 13.3. The van der Waals surface area contributed by atoms with Crippen LogP contribution < -0.4 is 10.6 Å². The Morgan fingerprint density at radius 3 is 2.87 bits per heavy atom. The number of rotatable bonds is 2. The number of hydrogen-bond donors (Lipinski definition) is 2. The van der Waals surface area contributed by atoms with Crippen LogP contribution in [0.1, 0.15) is 5.56 Å². The molecule has 0 radical (unpaired) electrons. The molecule has 1 aliphatic rings. The summed E-state index contributed by atoms with van der Waals surface area (Å²) in [7, 11) is 0. The predicted molar refractivity (Wildman–Crippen MR) is 54.7 cm³/mol. The van der Waals surface area contributed by atoms with Gasteiger partial charge in [-0.05, 0) is 18.1 Å². The van der Waals surface area contributed by atoms with Crippen molar-refractivity contribution in [1.29, 1.82) is 0 Å². The second kappa shape index (κ2) is 4.68. The van der Waals surface area contributed by atoms with E-state index in [9.17, 15) is 8.78 Å². The van der Waals surface area contributed by atoms with Gasteiger partial charge in [0.1, 0.15) is 0 Å². The lowest BCUT2D eigenvalue weighted by Gasteiger charge is -2.24. The Kier molecular flexibility index (Phi) is 3.28. The number of hydrogen-bond acceptors (Lipinski definition) is 2. The molecular formula is C11H14F2N2. The highest BCUT2D eigenvalue weighted by molar-refractivity contribution is 5.20. The van der Waals surface area contributed by atoms with Crippen LogP contribution in [0.25, 0.3) is 0 Å². The molecule has 1 aromatic carbocycles. The van der Waals surface area contributed by atoms with Crippen LogP contribution in [0, 0.1) is 11.6 Å². The minimum Gasteiger partial charge on any atom is -0.314 e. The number of nitrogens with one attached hydrogen (secondary N) is 2. The molecule has 0 amide bonds. The molecule has 1 fully saturated rings. The molecule has 1 heterocycles. The summed E-state index contributed by atoms with van der Waals surface area (Å²) >= 11 is 0. The number of benzene rings is 1. The second-order valence-corrected chi connectivity index (χ2v) is 3.77. The molecule has 1 saturated heterocycles. The molecule has 1 aliphatic heterocycles. The van der Waals surface area contributed by atoms with Gasteiger partial charge in [-0.25, -0.2) is 8.78 Å². The standard InChI is InChI=1S/C11H14F2N2/c12-10-3-1-2-8(11(10)13)6-9-7-14-4-5-15-9/h1-3,9,14-15H,4-7H2/t9-/m0/s1. The minimum absolute atomic E-state index is 0.190. The van der Waals surface area contributed by atoms with Crippen molar-refractivity contribution >= 4 is 0 Å². The highest BCUT2D eigenvalue weighted by Crippen LogP contribution is 2.13. The SMILES string of the molecule is Fc1cccc(C[C@H]2CNCCN2)c1F. The molecule has 82 valence electrons. The average molecular weight is 212 g/mol. The molecule has 4 heteroatoms. The predicted octanol–water partition coefficient (Wildman–Crippen LogP) is 1.07. The van der Waals surface area contributed by atoms with E-state index in [-0.39, 0.29) is 6.04 Å². The molecular weight excluding hydrogens is 198 g/mol. The van der Waals surface area contributed by atoms with Crippen LogP contribution in [-0.2, 0) is 6.42 Å². The summed E-state index contributed by atoms with van der Waals surface area (Å²) in [5.74, 6) is -1.49. The topological polar surface area (TPSA) is 24.1 Å². The van der Waals surface area contributed by atoms with E-state index >= 15 is 0 Å². The smallest absolute Gasteiger partial charge is 0.162 e. The van der Waals surface area contributed by atoms with Crippen molar-refractivity contribution in [3.63, 3.8) is 0 Å². The van der Waals surface area contributed by atoms with E-state index in [0.717, 1.165) is 25.7 Å². The molecule has 2 nitrogen and oxygen atoms in total. The first kappa shape index (κ1) is 10.5. The van der Waals surface area contributed by atoms with E-state index in [1.165, 1.54) is 0 Å². The first-order valence-corrected chi connectivity index (χ1v) is 5.14. The van der Waals surface area contributed by atoms with Crippen LogP contribution in [0.5, 0.6) is 0 Å². The Morgan fingerprint density at radius 2 is 2.13 bits per heavy atom. The quantitative estimate of drug-likeness (QED) is 0.766. The molecule has 0 aromatic heterocycles. The Balaban J connectivity index is 2.06. The van der Waals surface area contributed by atoms with E-state index < -0.39 is 11.6 Å². The first-order chi connectivity index (χ1) is 7.27. The molecule has 1 aromatic rings. The Morgan fingerprint density at radius 1 is 1.27 bits per heavy atom. The van der Waals surface area contributed by atoms with Gasteiger partial charge in [0, 0.05) is 25.7 Å². The van der Waals surface area contributed by atoms with Crippen molar-refractivity contribution in [2.24, 2.45) is 0 Å². The van der Waals surface area contributed by atoms with Gasteiger partial charge in [0.05, 0.1) is 0 Å². The van der Waals surface area contributed by atoms with Gasteiger partial charge in [-0.15, -0.1) is 0 Å². The molecule has 0 aliphatic carbocycles. The van der Waals surface area contributed by atoms with E-state index in [4.69, 9.17) is 0 Å². The van der Waals surface area contributed by atoms with E-state index in [2.05, 4.69) is 10.6 Å². The minimum atomic E-state index is -0.767. The zero-order chi connectivity index (χ0) is 10.7. The first-order valence-electron chi connectivity index (χ1n) is 5.14. The van der Waals surface area contributed by atoms with Crippen LogP contribution in [0.4, 0.5) is 8.78 Å². The summed E-state index contributed by atoms with van der Waals surface area (Å²) in [4.78, 5) is 0. The zero-order valence-corrected chi connectivity index (χ0v) is 8.39. The van der Waals surface area contributed by atoms with Crippen molar-refractivity contribution in [3.05, 3.63) is 35.4 Å². The largest absolute Gasteiger partial charge is 0.314 e. The Bertz CT molecular complexity index is 335. The monoisotopic (exact) mass is 212 g/mol. The number of halogens is 2. The third-order valence-electron chi connectivity index (χ3n) is 2.62. The van der Waals surface area contributed by atoms with E-state index in [1.54, 1.807) is 12.1 Å². The summed E-state index contributed by atoms with van der Waals surface area (Å²) < 4.78 is 26.3. The zero-order valence-electron chi connectivity index (χ0n) is 8.39. The summed E-state index contributed by atoms with van der Waals surface area (Å²) in [6.45, 7) is 2.61. The summed E-state index contributed by atoms with van der Waals surface area (Å²) in [6, 6.07) is 4.51. The van der Waals surface area contributed by atoms with Crippen molar-refractivity contribution < 1.29 is 8.78 Å². The van der Waals surface area contributed by atoms with Crippen molar-refractivity contribution in [1.82, 2.24) is 10.6 Å². The van der Waals surface area contributed by atoms with Crippen molar-refractivity contribution in [2.45, 2.75) is 12.5 Å². The third kappa shape index (κ3) is 2.52. The molecule has 0 unspecified atom stereocenters. The lowest BCUT2D eigenvalue weighted by molar-refractivity contribution is 0.408. The fourth-order valence-electron chi connectivity index (χ4n) is 1.83. The molecule has 2 rings (SSSR count). The maximum absolute atomic E-state index is 13.3. The van der Waals surface area contributed by atoms with E-state index in [0.29, 0.717) is 12.0 Å². The van der Waals surface area contributed by atoms with Crippen LogP contribution in [0.15, 0.2) is 18.2 Å². The third-order valence-corrected chi connectivity index (χ3v) is 2.62. The van der Waals surface area contributed by atoms with Crippen molar-refractivity contribution in [2.75, 3.05) is 19.6 Å². The highest BCUT2D eigenvalue weighted by Gasteiger charge is 2.15. The lowest BCUT2D eigenvalue weighted by Crippen LogP contribution is -2.49. The highest BCUT2D eigenvalue weighted by atomic mass is 19.2. The van der Waals surface area contributed by atoms with Gasteiger partial charge in [0.15, 0.2) is 11.6 Å². The van der Waals surface area contributed by atoms with Gasteiger partial charge in [-0.3, -0.25) is 0 Å². The maximum Gasteiger partial charge on any atom is 0.162 e. The molecule has 15 heavy (non-hydrogen) atoms. The fraction of sp³-hybridized carbons (Fsp3) is 0.455. The molecule has 0 saturated carbocycles. The number of piperazine rings is 1. The van der Waals surface area contributed by atoms with Gasteiger partial charge in [0.2, 0.25) is 0 Å². The normalized spacial score (nSPS) is 21.6. The Hall–Kier alpha value is -1.00.